The van der Waals surface area contributed by atoms with Gasteiger partial charge in [0, 0.05) is 23.3 Å². The molecule has 4 nitrogen and oxygen atoms in total. The summed E-state index contributed by atoms with van der Waals surface area (Å²) in [6.07, 6.45) is 4.27. The zero-order valence-corrected chi connectivity index (χ0v) is 13.9. The van der Waals surface area contributed by atoms with E-state index in [-0.39, 0.29) is 5.91 Å². The molecule has 2 aromatic heterocycles. The molecule has 0 aromatic carbocycles. The van der Waals surface area contributed by atoms with E-state index in [1.807, 2.05) is 31.5 Å². The van der Waals surface area contributed by atoms with Crippen molar-refractivity contribution in [2.24, 2.45) is 7.05 Å². The largest absolute Gasteiger partial charge is 0.351 e. The molecule has 1 amide bonds. The van der Waals surface area contributed by atoms with Crippen molar-refractivity contribution in [2.45, 2.75) is 39.5 Å². The molecule has 0 bridgehead atoms. The summed E-state index contributed by atoms with van der Waals surface area (Å²) in [5.41, 5.74) is 4.48. The van der Waals surface area contributed by atoms with Crippen LogP contribution in [0.15, 0.2) is 6.07 Å². The Balaban J connectivity index is 1.93. The first-order chi connectivity index (χ1) is 10.5. The first-order valence-electron chi connectivity index (χ1n) is 7.51. The van der Waals surface area contributed by atoms with Crippen molar-refractivity contribution < 1.29 is 4.79 Å². The normalized spacial score (nSPS) is 13.5. The molecule has 5 heteroatoms. The minimum absolute atomic E-state index is 0.128. The van der Waals surface area contributed by atoms with Crippen molar-refractivity contribution in [3.05, 3.63) is 39.0 Å². The summed E-state index contributed by atoms with van der Waals surface area (Å²) >= 11 is 1.57. The molecule has 0 radical (unpaired) electrons. The molecule has 0 saturated carbocycles. The number of nitrogens with one attached hydrogen (secondary N) is 1. The number of hydrogen-bond acceptors (Lipinski definition) is 3. The van der Waals surface area contributed by atoms with Gasteiger partial charge in [-0.15, -0.1) is 11.3 Å². The molecule has 0 fully saturated rings. The number of anilines is 1. The Bertz CT molecular complexity index is 792. The Hall–Kier alpha value is -2.06. The van der Waals surface area contributed by atoms with Crippen LogP contribution >= 0.6 is 11.3 Å². The molecule has 0 atom stereocenters. The Morgan fingerprint density at radius 3 is 2.73 bits per heavy atom. The van der Waals surface area contributed by atoms with E-state index in [1.165, 1.54) is 11.3 Å². The molecule has 1 aliphatic rings. The maximum absolute atomic E-state index is 12.6. The number of rotatable bonds is 2. The van der Waals surface area contributed by atoms with Gasteiger partial charge in [0.15, 0.2) is 0 Å². The lowest BCUT2D eigenvalue weighted by molar-refractivity contribution is 0.102. The highest BCUT2D eigenvalue weighted by Crippen LogP contribution is 2.37. The maximum Gasteiger partial charge on any atom is 0.258 e. The van der Waals surface area contributed by atoms with E-state index >= 15 is 0 Å². The fourth-order valence-electron chi connectivity index (χ4n) is 3.03. The summed E-state index contributed by atoms with van der Waals surface area (Å²) in [7, 11) is 1.95. The summed E-state index contributed by atoms with van der Waals surface area (Å²) < 4.78 is 2.00. The van der Waals surface area contributed by atoms with Gasteiger partial charge in [0.05, 0.1) is 11.1 Å². The third kappa shape index (κ3) is 2.34. The third-order valence-electron chi connectivity index (χ3n) is 4.53. The van der Waals surface area contributed by atoms with Gasteiger partial charge >= 0.3 is 0 Å². The number of amides is 1. The average Bonchev–Trinajstić information content (AvgIpc) is 2.99. The molecule has 0 spiro atoms. The van der Waals surface area contributed by atoms with Crippen LogP contribution in [0.2, 0.25) is 0 Å². The molecule has 0 aliphatic heterocycles. The molecular weight excluding hydrogens is 294 g/mol. The highest BCUT2D eigenvalue weighted by Gasteiger charge is 2.23. The number of thiophene rings is 1. The van der Waals surface area contributed by atoms with Gasteiger partial charge in [0.1, 0.15) is 11.1 Å². The lowest BCUT2D eigenvalue weighted by Crippen LogP contribution is -2.13. The second kappa shape index (κ2) is 5.62. The SMILES string of the molecule is Cc1cc(C(=O)Nc2sc3c(c2C#N)CCCC3)c(C)n1C. The summed E-state index contributed by atoms with van der Waals surface area (Å²) in [5, 5.41) is 13.1. The highest BCUT2D eigenvalue weighted by molar-refractivity contribution is 7.16. The molecular formula is C17H19N3OS. The van der Waals surface area contributed by atoms with Gasteiger partial charge in [-0.1, -0.05) is 0 Å². The minimum atomic E-state index is -0.128. The van der Waals surface area contributed by atoms with Crippen molar-refractivity contribution in [3.63, 3.8) is 0 Å². The highest BCUT2D eigenvalue weighted by atomic mass is 32.1. The predicted molar refractivity (Wildman–Crippen MR) is 88.5 cm³/mol. The topological polar surface area (TPSA) is 57.8 Å². The fraction of sp³-hybridized carbons (Fsp3) is 0.412. The molecule has 2 aromatic rings. The number of carbonyl (C=O) groups is 1. The Morgan fingerprint density at radius 2 is 2.09 bits per heavy atom. The number of hydrogen-bond donors (Lipinski definition) is 1. The summed E-state index contributed by atoms with van der Waals surface area (Å²) in [6, 6.07) is 4.18. The molecule has 114 valence electrons. The maximum atomic E-state index is 12.6. The second-order valence-corrected chi connectivity index (χ2v) is 6.93. The number of aromatic nitrogens is 1. The molecule has 22 heavy (non-hydrogen) atoms. The molecule has 1 N–H and O–H groups in total. The monoisotopic (exact) mass is 313 g/mol. The van der Waals surface area contributed by atoms with Gasteiger partial charge < -0.3 is 9.88 Å². The van der Waals surface area contributed by atoms with Gasteiger partial charge in [0.25, 0.3) is 5.91 Å². The molecule has 0 unspecified atom stereocenters. The Kier molecular flexibility index (Phi) is 3.79. The van der Waals surface area contributed by atoms with Crippen LogP contribution in [0, 0.1) is 25.2 Å². The van der Waals surface area contributed by atoms with Crippen LogP contribution in [0.5, 0.6) is 0 Å². The van der Waals surface area contributed by atoms with Gasteiger partial charge in [0.2, 0.25) is 0 Å². The Labute approximate surface area is 134 Å². The van der Waals surface area contributed by atoms with Crippen LogP contribution in [0.4, 0.5) is 5.00 Å². The summed E-state index contributed by atoms with van der Waals surface area (Å²) in [6.45, 7) is 3.92. The smallest absolute Gasteiger partial charge is 0.258 e. The van der Waals surface area contributed by atoms with Gasteiger partial charge in [-0.3, -0.25) is 4.79 Å². The fourth-order valence-corrected chi connectivity index (χ4v) is 4.26. The number of aryl methyl sites for hydroxylation is 2. The van der Waals surface area contributed by atoms with Crippen LogP contribution in [-0.2, 0) is 19.9 Å². The average molecular weight is 313 g/mol. The van der Waals surface area contributed by atoms with Crippen molar-refractivity contribution in [1.29, 1.82) is 5.26 Å². The van der Waals surface area contributed by atoms with Crippen molar-refractivity contribution in [3.8, 4) is 6.07 Å². The summed E-state index contributed by atoms with van der Waals surface area (Å²) in [5.74, 6) is -0.128. The quantitative estimate of drug-likeness (QED) is 0.919. The Morgan fingerprint density at radius 1 is 1.36 bits per heavy atom. The standard InChI is InChI=1S/C17H19N3OS/c1-10-8-13(11(2)20(10)3)16(21)19-17-14(9-18)12-6-4-5-7-15(12)22-17/h8H,4-7H2,1-3H3,(H,19,21). The van der Waals surface area contributed by atoms with Crippen LogP contribution < -0.4 is 5.32 Å². The number of nitrogens with zero attached hydrogens (tertiary/aromatic N) is 2. The lowest BCUT2D eigenvalue weighted by atomic mass is 9.96. The molecule has 2 heterocycles. The van der Waals surface area contributed by atoms with Crippen LogP contribution in [0.3, 0.4) is 0 Å². The first kappa shape index (κ1) is 14.9. The number of carbonyl (C=O) groups excluding carboxylic acids is 1. The van der Waals surface area contributed by atoms with E-state index in [0.29, 0.717) is 16.1 Å². The van der Waals surface area contributed by atoms with E-state index < -0.39 is 0 Å². The minimum Gasteiger partial charge on any atom is -0.351 e. The third-order valence-corrected chi connectivity index (χ3v) is 5.74. The van der Waals surface area contributed by atoms with Crippen LogP contribution in [-0.4, -0.2) is 10.5 Å². The number of nitriles is 1. The van der Waals surface area contributed by atoms with E-state index in [0.717, 1.165) is 36.2 Å². The van der Waals surface area contributed by atoms with Gasteiger partial charge in [-0.2, -0.15) is 5.26 Å². The van der Waals surface area contributed by atoms with Gasteiger partial charge in [-0.25, -0.2) is 0 Å². The van der Waals surface area contributed by atoms with E-state index in [9.17, 15) is 10.1 Å². The predicted octanol–water partition coefficient (Wildman–Crippen LogP) is 3.71. The van der Waals surface area contributed by atoms with Crippen LogP contribution in [0.25, 0.3) is 0 Å². The van der Waals surface area contributed by atoms with Crippen LogP contribution in [0.1, 0.15) is 50.6 Å². The van der Waals surface area contributed by atoms with Crippen molar-refractivity contribution in [2.75, 3.05) is 5.32 Å². The second-order valence-electron chi connectivity index (χ2n) is 5.82. The van der Waals surface area contributed by atoms with E-state index in [2.05, 4.69) is 11.4 Å². The van der Waals surface area contributed by atoms with Crippen molar-refractivity contribution in [1.82, 2.24) is 4.57 Å². The first-order valence-corrected chi connectivity index (χ1v) is 8.33. The van der Waals surface area contributed by atoms with Gasteiger partial charge in [-0.05, 0) is 51.2 Å². The van der Waals surface area contributed by atoms with E-state index in [4.69, 9.17) is 0 Å². The number of fused-ring (bicyclic) bond motifs is 1. The lowest BCUT2D eigenvalue weighted by Gasteiger charge is -2.09. The zero-order valence-electron chi connectivity index (χ0n) is 13.1. The van der Waals surface area contributed by atoms with E-state index in [1.54, 1.807) is 11.3 Å². The van der Waals surface area contributed by atoms with Crippen molar-refractivity contribution >= 4 is 22.2 Å². The molecule has 1 aliphatic carbocycles. The zero-order chi connectivity index (χ0) is 15.9. The summed E-state index contributed by atoms with van der Waals surface area (Å²) in [4.78, 5) is 13.8. The molecule has 0 saturated heterocycles. The molecule has 3 rings (SSSR count).